The maximum absolute atomic E-state index is 13.0. The molecule has 8 heteroatoms. The number of pyridine rings is 1. The number of esters is 1. The van der Waals surface area contributed by atoms with Crippen molar-refractivity contribution in [2.24, 2.45) is 13.0 Å². The van der Waals surface area contributed by atoms with Crippen LogP contribution < -0.4 is 4.74 Å². The van der Waals surface area contributed by atoms with Crippen LogP contribution in [-0.4, -0.2) is 58.3 Å². The van der Waals surface area contributed by atoms with Crippen molar-refractivity contribution in [1.29, 1.82) is 0 Å². The van der Waals surface area contributed by atoms with E-state index in [0.717, 1.165) is 47.2 Å². The van der Waals surface area contributed by atoms with Crippen LogP contribution in [0.5, 0.6) is 5.88 Å². The molecular formula is C22H32N4O4. The second-order valence-corrected chi connectivity index (χ2v) is 7.97. The summed E-state index contributed by atoms with van der Waals surface area (Å²) in [6, 6.07) is 0. The van der Waals surface area contributed by atoms with Gasteiger partial charge in [0.2, 0.25) is 11.8 Å². The molecule has 0 aliphatic heterocycles. The van der Waals surface area contributed by atoms with Gasteiger partial charge in [-0.3, -0.25) is 9.59 Å². The van der Waals surface area contributed by atoms with Crippen LogP contribution in [0.1, 0.15) is 49.4 Å². The zero-order valence-corrected chi connectivity index (χ0v) is 18.7. The third-order valence-corrected chi connectivity index (χ3v) is 5.72. The van der Waals surface area contributed by atoms with E-state index in [1.165, 1.54) is 0 Å². The van der Waals surface area contributed by atoms with Crippen molar-refractivity contribution in [3.05, 3.63) is 16.8 Å². The number of carbonyl (C=O) groups is 2. The Hall–Kier alpha value is -2.64. The molecule has 164 valence electrons. The van der Waals surface area contributed by atoms with Gasteiger partial charge in [-0.1, -0.05) is 0 Å². The van der Waals surface area contributed by atoms with Gasteiger partial charge in [0.25, 0.3) is 0 Å². The van der Waals surface area contributed by atoms with Crippen molar-refractivity contribution in [3.8, 4) is 5.88 Å². The number of ether oxygens (including phenoxy) is 2. The molecule has 2 heterocycles. The Balaban J connectivity index is 1.72. The minimum Gasteiger partial charge on any atom is -0.479 e. The monoisotopic (exact) mass is 416 g/mol. The molecule has 30 heavy (non-hydrogen) atoms. The number of hydrogen-bond donors (Lipinski definition) is 0. The number of amides is 1. The molecule has 1 saturated carbocycles. The zero-order chi connectivity index (χ0) is 21.8. The Morgan fingerprint density at radius 1 is 1.23 bits per heavy atom. The van der Waals surface area contributed by atoms with Crippen LogP contribution in [-0.2, 0) is 27.8 Å². The van der Waals surface area contributed by atoms with Gasteiger partial charge in [-0.05, 0) is 57.1 Å². The quantitative estimate of drug-likeness (QED) is 0.554. The molecule has 0 N–H and O–H groups in total. The second kappa shape index (κ2) is 9.45. The van der Waals surface area contributed by atoms with Crippen molar-refractivity contribution < 1.29 is 19.1 Å². The van der Waals surface area contributed by atoms with E-state index in [1.807, 2.05) is 25.8 Å². The molecule has 1 aliphatic carbocycles. The highest BCUT2D eigenvalue weighted by Crippen LogP contribution is 2.32. The highest BCUT2D eigenvalue weighted by atomic mass is 16.5. The molecule has 0 spiro atoms. The Bertz CT molecular complexity index is 933. The van der Waals surface area contributed by atoms with Crippen molar-refractivity contribution in [1.82, 2.24) is 19.7 Å². The van der Waals surface area contributed by atoms with Crippen LogP contribution >= 0.6 is 0 Å². The third-order valence-electron chi connectivity index (χ3n) is 5.72. The van der Waals surface area contributed by atoms with Crippen LogP contribution in [0.2, 0.25) is 0 Å². The second-order valence-electron chi connectivity index (χ2n) is 7.97. The van der Waals surface area contributed by atoms with Crippen LogP contribution in [0.15, 0.2) is 0 Å². The number of aromatic nitrogens is 3. The summed E-state index contributed by atoms with van der Waals surface area (Å²) < 4.78 is 12.2. The lowest BCUT2D eigenvalue weighted by Crippen LogP contribution is -2.35. The summed E-state index contributed by atoms with van der Waals surface area (Å²) >= 11 is 0. The van der Waals surface area contributed by atoms with E-state index in [0.29, 0.717) is 37.8 Å². The van der Waals surface area contributed by atoms with Crippen LogP contribution in [0.25, 0.3) is 11.0 Å². The third kappa shape index (κ3) is 4.91. The molecule has 1 fully saturated rings. The number of rotatable bonds is 10. The predicted molar refractivity (Wildman–Crippen MR) is 113 cm³/mol. The van der Waals surface area contributed by atoms with Gasteiger partial charge in [0, 0.05) is 32.3 Å². The summed E-state index contributed by atoms with van der Waals surface area (Å²) in [5, 5.41) is 5.28. The minimum atomic E-state index is -0.254. The van der Waals surface area contributed by atoms with Gasteiger partial charge < -0.3 is 14.4 Å². The molecule has 2 aromatic rings. The number of carbonyl (C=O) groups excluding carboxylic acids is 2. The smallest absolute Gasteiger partial charge is 0.307 e. The number of hydrogen-bond acceptors (Lipinski definition) is 6. The van der Waals surface area contributed by atoms with Gasteiger partial charge in [0.1, 0.15) is 0 Å². The summed E-state index contributed by atoms with van der Waals surface area (Å²) in [6.45, 7) is 7.29. The molecule has 0 unspecified atom stereocenters. The largest absolute Gasteiger partial charge is 0.479 e. The highest BCUT2D eigenvalue weighted by molar-refractivity contribution is 5.86. The van der Waals surface area contributed by atoms with E-state index in [1.54, 1.807) is 18.7 Å². The first-order chi connectivity index (χ1) is 14.3. The summed E-state index contributed by atoms with van der Waals surface area (Å²) in [5.74, 6) is 0.937. The number of fused-ring (bicyclic) bond motifs is 1. The Morgan fingerprint density at radius 3 is 2.60 bits per heavy atom. The predicted octanol–water partition coefficient (Wildman–Crippen LogP) is 2.72. The molecule has 0 saturated heterocycles. The van der Waals surface area contributed by atoms with Gasteiger partial charge in [-0.25, -0.2) is 9.67 Å². The van der Waals surface area contributed by atoms with Gasteiger partial charge in [-0.15, -0.1) is 5.10 Å². The fourth-order valence-corrected chi connectivity index (χ4v) is 3.89. The van der Waals surface area contributed by atoms with Gasteiger partial charge in [0.05, 0.1) is 25.5 Å². The van der Waals surface area contributed by atoms with Crippen molar-refractivity contribution >= 4 is 22.9 Å². The molecule has 8 nitrogen and oxygen atoms in total. The fraction of sp³-hybridized carbons (Fsp3) is 0.636. The van der Waals surface area contributed by atoms with E-state index >= 15 is 0 Å². The standard InChI is InChI=1S/C22H32N4O4/c1-6-30-19(28)11-12-26(13-16-7-8-16)18(27)10-9-17-14(2)20-21(23-15(17)3)25(4)24-22(20)29-5/h16H,6-13H2,1-5H3. The molecule has 2 aromatic heterocycles. The van der Waals surface area contributed by atoms with Crippen molar-refractivity contribution in [3.63, 3.8) is 0 Å². The number of aryl methyl sites for hydroxylation is 3. The van der Waals surface area contributed by atoms with Crippen molar-refractivity contribution in [2.75, 3.05) is 26.8 Å². The van der Waals surface area contributed by atoms with E-state index in [9.17, 15) is 9.59 Å². The van der Waals surface area contributed by atoms with Gasteiger partial charge >= 0.3 is 5.97 Å². The topological polar surface area (TPSA) is 86.6 Å². The summed E-state index contributed by atoms with van der Waals surface area (Å²) in [6.07, 6.45) is 3.53. The fourth-order valence-electron chi connectivity index (χ4n) is 3.89. The molecule has 0 radical (unpaired) electrons. The van der Waals surface area contributed by atoms with Crippen LogP contribution in [0, 0.1) is 19.8 Å². The number of nitrogens with zero attached hydrogens (tertiary/aromatic N) is 4. The van der Waals surface area contributed by atoms with E-state index < -0.39 is 0 Å². The number of methoxy groups -OCH3 is 1. The molecular weight excluding hydrogens is 384 g/mol. The Labute approximate surface area is 177 Å². The summed E-state index contributed by atoms with van der Waals surface area (Å²) in [5.41, 5.74) is 3.79. The minimum absolute atomic E-state index is 0.0725. The zero-order valence-electron chi connectivity index (χ0n) is 18.7. The van der Waals surface area contributed by atoms with Gasteiger partial charge in [0.15, 0.2) is 5.65 Å². The van der Waals surface area contributed by atoms with Crippen LogP contribution in [0.4, 0.5) is 0 Å². The average molecular weight is 417 g/mol. The van der Waals surface area contributed by atoms with E-state index in [2.05, 4.69) is 5.10 Å². The first-order valence-electron chi connectivity index (χ1n) is 10.7. The highest BCUT2D eigenvalue weighted by Gasteiger charge is 2.27. The molecule has 1 aliphatic rings. The van der Waals surface area contributed by atoms with E-state index in [-0.39, 0.29) is 18.3 Å². The first kappa shape index (κ1) is 22.1. The Morgan fingerprint density at radius 2 is 1.97 bits per heavy atom. The molecule has 0 aromatic carbocycles. The normalized spacial score (nSPS) is 13.5. The summed E-state index contributed by atoms with van der Waals surface area (Å²) in [4.78, 5) is 31.2. The van der Waals surface area contributed by atoms with Crippen molar-refractivity contribution in [2.45, 2.75) is 52.9 Å². The molecule has 3 rings (SSSR count). The molecule has 1 amide bonds. The molecule has 0 bridgehead atoms. The SMILES string of the molecule is CCOC(=O)CCN(CC1CC1)C(=O)CCc1c(C)nc2c(c(OC)nn2C)c1C. The maximum Gasteiger partial charge on any atom is 0.307 e. The van der Waals surface area contributed by atoms with Crippen LogP contribution in [0.3, 0.4) is 0 Å². The first-order valence-corrected chi connectivity index (χ1v) is 10.7. The molecule has 0 atom stereocenters. The summed E-state index contributed by atoms with van der Waals surface area (Å²) in [7, 11) is 3.45. The average Bonchev–Trinajstić information content (AvgIpc) is 3.47. The van der Waals surface area contributed by atoms with Gasteiger partial charge in [-0.2, -0.15) is 0 Å². The lowest BCUT2D eigenvalue weighted by molar-refractivity contribution is -0.144. The lowest BCUT2D eigenvalue weighted by Gasteiger charge is -2.23. The van der Waals surface area contributed by atoms with E-state index in [4.69, 9.17) is 14.5 Å². The lowest BCUT2D eigenvalue weighted by atomic mass is 10.00. The Kier molecular flexibility index (Phi) is 6.95. The maximum atomic E-state index is 13.0.